The molecule has 0 aliphatic rings. The normalized spacial score (nSPS) is 10.2. The van der Waals surface area contributed by atoms with E-state index in [1.54, 1.807) is 12.1 Å². The van der Waals surface area contributed by atoms with Gasteiger partial charge in [0, 0.05) is 22.7 Å². The highest BCUT2D eigenvalue weighted by atomic mass is 32.2. The van der Waals surface area contributed by atoms with Crippen LogP contribution in [0.1, 0.15) is 15.9 Å². The molecule has 0 radical (unpaired) electrons. The van der Waals surface area contributed by atoms with E-state index in [0.29, 0.717) is 10.7 Å². The molecule has 0 aliphatic carbocycles. The molecular weight excluding hydrogens is 236 g/mol. The number of nitrogens with zero attached hydrogens (tertiary/aromatic N) is 1. The molecule has 1 aromatic carbocycles. The first-order chi connectivity index (χ1) is 8.19. The topological polar surface area (TPSA) is 62.8 Å². The van der Waals surface area contributed by atoms with Crippen LogP contribution >= 0.6 is 11.8 Å². The van der Waals surface area contributed by atoms with Crippen molar-refractivity contribution in [2.45, 2.75) is 17.0 Å². The van der Waals surface area contributed by atoms with Gasteiger partial charge < -0.3 is 4.98 Å². The van der Waals surface area contributed by atoms with Crippen LogP contribution in [-0.4, -0.2) is 16.3 Å². The summed E-state index contributed by atoms with van der Waals surface area (Å²) in [4.78, 5) is 29.4. The number of benzene rings is 1. The number of aromatic nitrogens is 2. The van der Waals surface area contributed by atoms with Crippen LogP contribution in [0, 0.1) is 6.92 Å². The first-order valence-electron chi connectivity index (χ1n) is 4.98. The third kappa shape index (κ3) is 2.82. The zero-order valence-electron chi connectivity index (χ0n) is 9.14. The minimum absolute atomic E-state index is 0.176. The molecule has 5 heteroatoms. The summed E-state index contributed by atoms with van der Waals surface area (Å²) in [6, 6.07) is 6.75. The summed E-state index contributed by atoms with van der Waals surface area (Å²) in [6.07, 6.45) is 2.28. The molecule has 0 aliphatic heterocycles. The third-order valence-electron chi connectivity index (χ3n) is 2.19. The second-order valence-corrected chi connectivity index (χ2v) is 4.51. The van der Waals surface area contributed by atoms with Gasteiger partial charge in [-0.25, -0.2) is 4.98 Å². The van der Waals surface area contributed by atoms with Gasteiger partial charge in [-0.15, -0.1) is 0 Å². The molecule has 0 bridgehead atoms. The standard InChI is InChI=1S/C12H10N2O2S/c1-8-6-9(7-15)2-3-10(8)17-12-13-5-4-11(16)14-12/h2-7H,1H3,(H,13,14,16). The van der Waals surface area contributed by atoms with Crippen LogP contribution in [0.3, 0.4) is 0 Å². The lowest BCUT2D eigenvalue weighted by molar-refractivity contribution is 0.112. The van der Waals surface area contributed by atoms with E-state index in [-0.39, 0.29) is 5.56 Å². The summed E-state index contributed by atoms with van der Waals surface area (Å²) in [5, 5.41) is 0.541. The number of hydrogen-bond donors (Lipinski definition) is 1. The number of rotatable bonds is 3. The minimum atomic E-state index is -0.176. The number of carbonyl (C=O) groups is 1. The molecule has 2 aromatic rings. The number of aldehydes is 1. The Hall–Kier alpha value is -1.88. The second kappa shape index (κ2) is 4.97. The van der Waals surface area contributed by atoms with E-state index in [1.165, 1.54) is 24.0 Å². The molecule has 0 fully saturated rings. The van der Waals surface area contributed by atoms with Crippen molar-refractivity contribution in [2.24, 2.45) is 0 Å². The molecule has 1 heterocycles. The molecule has 0 spiro atoms. The average Bonchev–Trinajstić information content (AvgIpc) is 2.32. The Bertz CT molecular complexity index is 607. The summed E-state index contributed by atoms with van der Waals surface area (Å²) < 4.78 is 0. The quantitative estimate of drug-likeness (QED) is 0.665. The van der Waals surface area contributed by atoms with Gasteiger partial charge in [0.2, 0.25) is 0 Å². The lowest BCUT2D eigenvalue weighted by Gasteiger charge is -2.04. The Morgan fingerprint density at radius 3 is 2.82 bits per heavy atom. The molecule has 1 N–H and O–H groups in total. The molecule has 0 atom stereocenters. The van der Waals surface area contributed by atoms with Crippen molar-refractivity contribution in [1.29, 1.82) is 0 Å². The van der Waals surface area contributed by atoms with Crippen LogP contribution in [-0.2, 0) is 0 Å². The molecule has 0 unspecified atom stereocenters. The second-order valence-electron chi connectivity index (χ2n) is 3.48. The number of aromatic amines is 1. The maximum atomic E-state index is 11.1. The number of carbonyl (C=O) groups excluding carboxylic acids is 1. The van der Waals surface area contributed by atoms with E-state index in [4.69, 9.17) is 0 Å². The molecule has 1 aromatic heterocycles. The first kappa shape index (κ1) is 11.6. The Morgan fingerprint density at radius 2 is 2.18 bits per heavy atom. The van der Waals surface area contributed by atoms with Crippen molar-refractivity contribution in [3.05, 3.63) is 51.9 Å². The van der Waals surface area contributed by atoms with Crippen LogP contribution in [0.4, 0.5) is 0 Å². The first-order valence-corrected chi connectivity index (χ1v) is 5.80. The number of aryl methyl sites for hydroxylation is 1. The molecule has 86 valence electrons. The van der Waals surface area contributed by atoms with Gasteiger partial charge >= 0.3 is 0 Å². The molecule has 2 rings (SSSR count). The van der Waals surface area contributed by atoms with Gasteiger partial charge in [-0.2, -0.15) is 0 Å². The zero-order chi connectivity index (χ0) is 12.3. The number of H-pyrrole nitrogens is 1. The zero-order valence-corrected chi connectivity index (χ0v) is 9.95. The van der Waals surface area contributed by atoms with Crippen molar-refractivity contribution >= 4 is 18.0 Å². The van der Waals surface area contributed by atoms with Gasteiger partial charge in [0.05, 0.1) is 0 Å². The molecule has 0 amide bonds. The Kier molecular flexibility index (Phi) is 3.39. The SMILES string of the molecule is Cc1cc(C=O)ccc1Sc1nccc(=O)[nH]1. The van der Waals surface area contributed by atoms with Crippen LogP contribution in [0.5, 0.6) is 0 Å². The summed E-state index contributed by atoms with van der Waals surface area (Å²) in [5.74, 6) is 0. The summed E-state index contributed by atoms with van der Waals surface area (Å²) in [7, 11) is 0. The van der Waals surface area contributed by atoms with Crippen LogP contribution < -0.4 is 5.56 Å². The molecule has 17 heavy (non-hydrogen) atoms. The van der Waals surface area contributed by atoms with Gasteiger partial charge in [0.25, 0.3) is 5.56 Å². The Morgan fingerprint density at radius 1 is 1.35 bits per heavy atom. The summed E-state index contributed by atoms with van der Waals surface area (Å²) in [6.45, 7) is 1.91. The lowest BCUT2D eigenvalue weighted by Crippen LogP contribution is -2.05. The highest BCUT2D eigenvalue weighted by Gasteiger charge is 2.03. The van der Waals surface area contributed by atoms with Crippen molar-refractivity contribution in [3.63, 3.8) is 0 Å². The number of nitrogens with one attached hydrogen (secondary N) is 1. The molecule has 0 saturated carbocycles. The van der Waals surface area contributed by atoms with Crippen molar-refractivity contribution < 1.29 is 4.79 Å². The smallest absolute Gasteiger partial charge is 0.251 e. The van der Waals surface area contributed by atoms with Crippen molar-refractivity contribution in [3.8, 4) is 0 Å². The van der Waals surface area contributed by atoms with Crippen LogP contribution in [0.25, 0.3) is 0 Å². The van der Waals surface area contributed by atoms with Gasteiger partial charge in [0.1, 0.15) is 6.29 Å². The average molecular weight is 246 g/mol. The van der Waals surface area contributed by atoms with Gasteiger partial charge in [0.15, 0.2) is 5.16 Å². The largest absolute Gasteiger partial charge is 0.301 e. The lowest BCUT2D eigenvalue weighted by atomic mass is 10.2. The monoisotopic (exact) mass is 246 g/mol. The fourth-order valence-electron chi connectivity index (χ4n) is 1.37. The molecule has 0 saturated heterocycles. The highest BCUT2D eigenvalue weighted by molar-refractivity contribution is 7.99. The van der Waals surface area contributed by atoms with E-state index >= 15 is 0 Å². The third-order valence-corrected chi connectivity index (χ3v) is 3.27. The predicted molar refractivity (Wildman–Crippen MR) is 65.5 cm³/mol. The molecular formula is C12H10N2O2S. The van der Waals surface area contributed by atoms with E-state index in [2.05, 4.69) is 9.97 Å². The highest BCUT2D eigenvalue weighted by Crippen LogP contribution is 2.27. The van der Waals surface area contributed by atoms with E-state index in [9.17, 15) is 9.59 Å². The summed E-state index contributed by atoms with van der Waals surface area (Å²) in [5.41, 5.74) is 1.44. The fraction of sp³-hybridized carbons (Fsp3) is 0.0833. The van der Waals surface area contributed by atoms with Gasteiger partial charge in [-0.1, -0.05) is 17.8 Å². The maximum absolute atomic E-state index is 11.1. The van der Waals surface area contributed by atoms with Gasteiger partial charge in [-0.05, 0) is 24.6 Å². The van der Waals surface area contributed by atoms with Crippen LogP contribution in [0.15, 0.2) is 45.3 Å². The minimum Gasteiger partial charge on any atom is -0.301 e. The van der Waals surface area contributed by atoms with E-state index in [1.807, 2.05) is 13.0 Å². The molecule has 4 nitrogen and oxygen atoms in total. The van der Waals surface area contributed by atoms with E-state index in [0.717, 1.165) is 16.7 Å². The summed E-state index contributed by atoms with van der Waals surface area (Å²) >= 11 is 1.36. The van der Waals surface area contributed by atoms with Crippen molar-refractivity contribution in [2.75, 3.05) is 0 Å². The van der Waals surface area contributed by atoms with Gasteiger partial charge in [-0.3, -0.25) is 9.59 Å². The number of hydrogen-bond acceptors (Lipinski definition) is 4. The van der Waals surface area contributed by atoms with Crippen LogP contribution in [0.2, 0.25) is 0 Å². The fourth-order valence-corrected chi connectivity index (χ4v) is 2.20. The maximum Gasteiger partial charge on any atom is 0.251 e. The van der Waals surface area contributed by atoms with Crippen molar-refractivity contribution in [1.82, 2.24) is 9.97 Å². The Labute approximate surface area is 102 Å². The Balaban J connectivity index is 2.30. The predicted octanol–water partition coefficient (Wildman–Crippen LogP) is 2.04. The van der Waals surface area contributed by atoms with E-state index < -0.39 is 0 Å².